The van der Waals surface area contributed by atoms with Gasteiger partial charge >= 0.3 is 0 Å². The zero-order valence-electron chi connectivity index (χ0n) is 11.0. The van der Waals surface area contributed by atoms with Crippen molar-refractivity contribution in [3.8, 4) is 5.69 Å². The maximum Gasteiger partial charge on any atom is 0.181 e. The van der Waals surface area contributed by atoms with E-state index in [2.05, 4.69) is 15.3 Å². The van der Waals surface area contributed by atoms with Crippen molar-refractivity contribution in [1.82, 2.24) is 20.0 Å². The number of fused-ring (bicyclic) bond motifs is 1. The van der Waals surface area contributed by atoms with Crippen LogP contribution in [-0.2, 0) is 0 Å². The Kier molecular flexibility index (Phi) is 2.99. The molecule has 2 heterocycles. The van der Waals surface area contributed by atoms with Gasteiger partial charge in [-0.1, -0.05) is 16.8 Å². The van der Waals surface area contributed by atoms with Crippen molar-refractivity contribution >= 4 is 28.3 Å². The van der Waals surface area contributed by atoms with Gasteiger partial charge in [0.05, 0.1) is 21.9 Å². The van der Waals surface area contributed by atoms with Gasteiger partial charge in [0.15, 0.2) is 11.5 Å². The van der Waals surface area contributed by atoms with Gasteiger partial charge in [0.2, 0.25) is 0 Å². The van der Waals surface area contributed by atoms with Gasteiger partial charge in [0.1, 0.15) is 0 Å². The van der Waals surface area contributed by atoms with E-state index in [4.69, 9.17) is 11.6 Å². The molecule has 0 unspecified atom stereocenters. The molecule has 1 aromatic carbocycles. The van der Waals surface area contributed by atoms with Crippen molar-refractivity contribution in [2.24, 2.45) is 0 Å². The highest BCUT2D eigenvalue weighted by molar-refractivity contribution is 6.35. The van der Waals surface area contributed by atoms with Gasteiger partial charge in [-0.15, -0.1) is 5.10 Å². The Labute approximate surface area is 120 Å². The van der Waals surface area contributed by atoms with E-state index in [-0.39, 0.29) is 5.78 Å². The fourth-order valence-electron chi connectivity index (χ4n) is 2.18. The van der Waals surface area contributed by atoms with Crippen molar-refractivity contribution in [3.63, 3.8) is 0 Å². The van der Waals surface area contributed by atoms with Gasteiger partial charge in [0, 0.05) is 18.5 Å². The maximum absolute atomic E-state index is 11.5. The number of halogens is 1. The topological polar surface area (TPSA) is 60.7 Å². The summed E-state index contributed by atoms with van der Waals surface area (Å²) in [7, 11) is 0. The van der Waals surface area contributed by atoms with E-state index < -0.39 is 0 Å². The SMILES string of the molecule is CC(=O)c1nnn(-c2ccc(Cl)c3cccnc23)c1C. The Balaban J connectivity index is 2.31. The van der Waals surface area contributed by atoms with E-state index in [9.17, 15) is 4.79 Å². The Bertz CT molecular complexity index is 825. The second-order valence-electron chi connectivity index (χ2n) is 4.46. The van der Waals surface area contributed by atoms with Crippen LogP contribution in [0.3, 0.4) is 0 Å². The second kappa shape index (κ2) is 4.68. The average molecular weight is 287 g/mol. The highest BCUT2D eigenvalue weighted by Crippen LogP contribution is 2.27. The smallest absolute Gasteiger partial charge is 0.181 e. The number of hydrogen-bond donors (Lipinski definition) is 0. The zero-order valence-corrected chi connectivity index (χ0v) is 11.7. The predicted molar refractivity (Wildman–Crippen MR) is 76.4 cm³/mol. The molecule has 0 fully saturated rings. The number of carbonyl (C=O) groups is 1. The highest BCUT2D eigenvalue weighted by atomic mass is 35.5. The van der Waals surface area contributed by atoms with Gasteiger partial charge in [-0.25, -0.2) is 4.68 Å². The molecule has 3 aromatic rings. The molecule has 100 valence electrons. The fourth-order valence-corrected chi connectivity index (χ4v) is 2.39. The summed E-state index contributed by atoms with van der Waals surface area (Å²) in [5.41, 5.74) is 2.53. The number of pyridine rings is 1. The fraction of sp³-hybridized carbons (Fsp3) is 0.143. The number of benzene rings is 1. The van der Waals surface area contributed by atoms with Crippen LogP contribution in [0.4, 0.5) is 0 Å². The number of hydrogen-bond acceptors (Lipinski definition) is 4. The Hall–Kier alpha value is -2.27. The largest absolute Gasteiger partial charge is 0.293 e. The average Bonchev–Trinajstić information content (AvgIpc) is 2.82. The third-order valence-electron chi connectivity index (χ3n) is 3.15. The Morgan fingerprint density at radius 1 is 1.30 bits per heavy atom. The predicted octanol–water partition coefficient (Wildman–Crippen LogP) is 2.98. The lowest BCUT2D eigenvalue weighted by atomic mass is 10.2. The first-order chi connectivity index (χ1) is 9.59. The summed E-state index contributed by atoms with van der Waals surface area (Å²) >= 11 is 6.17. The van der Waals surface area contributed by atoms with Crippen LogP contribution < -0.4 is 0 Å². The highest BCUT2D eigenvalue weighted by Gasteiger charge is 2.16. The number of ketones is 1. The number of aromatic nitrogens is 4. The van der Waals surface area contributed by atoms with Crippen LogP contribution in [0.25, 0.3) is 16.6 Å². The first-order valence-corrected chi connectivity index (χ1v) is 6.44. The van der Waals surface area contributed by atoms with Crippen molar-refractivity contribution in [3.05, 3.63) is 46.9 Å². The molecule has 5 nitrogen and oxygen atoms in total. The van der Waals surface area contributed by atoms with Crippen molar-refractivity contribution in [1.29, 1.82) is 0 Å². The standard InChI is InChI=1S/C14H11ClN4O/c1-8-13(9(2)20)17-18-19(8)12-6-5-11(15)10-4-3-7-16-14(10)12/h3-7H,1-2H3. The van der Waals surface area contributed by atoms with Crippen LogP contribution >= 0.6 is 11.6 Å². The van der Waals surface area contributed by atoms with Crippen molar-refractivity contribution < 1.29 is 4.79 Å². The van der Waals surface area contributed by atoms with E-state index >= 15 is 0 Å². The number of Topliss-reactive ketones (excluding diaryl/α,β-unsaturated/α-hetero) is 1. The van der Waals surface area contributed by atoms with E-state index in [1.165, 1.54) is 6.92 Å². The molecule has 3 rings (SSSR count). The second-order valence-corrected chi connectivity index (χ2v) is 4.86. The van der Waals surface area contributed by atoms with Gasteiger partial charge < -0.3 is 0 Å². The monoisotopic (exact) mass is 286 g/mol. The summed E-state index contributed by atoms with van der Waals surface area (Å²) in [6.07, 6.45) is 1.69. The first-order valence-electron chi connectivity index (χ1n) is 6.06. The third-order valence-corrected chi connectivity index (χ3v) is 3.48. The van der Waals surface area contributed by atoms with E-state index in [0.717, 1.165) is 16.6 Å². The Morgan fingerprint density at radius 3 is 2.80 bits per heavy atom. The molecule has 0 N–H and O–H groups in total. The lowest BCUT2D eigenvalue weighted by Gasteiger charge is -2.08. The quantitative estimate of drug-likeness (QED) is 0.680. The molecule has 0 atom stereocenters. The number of nitrogens with zero attached hydrogens (tertiary/aromatic N) is 4. The molecular formula is C14H11ClN4O. The molecule has 0 aliphatic rings. The molecule has 0 saturated carbocycles. The summed E-state index contributed by atoms with van der Waals surface area (Å²) in [5, 5.41) is 9.44. The Morgan fingerprint density at radius 2 is 2.10 bits per heavy atom. The summed E-state index contributed by atoms with van der Waals surface area (Å²) < 4.78 is 1.61. The minimum absolute atomic E-state index is 0.111. The summed E-state index contributed by atoms with van der Waals surface area (Å²) in [4.78, 5) is 15.8. The molecule has 0 bridgehead atoms. The van der Waals surface area contributed by atoms with Crippen LogP contribution in [0.2, 0.25) is 5.02 Å². The molecule has 6 heteroatoms. The van der Waals surface area contributed by atoms with Gasteiger partial charge in [-0.05, 0) is 31.2 Å². The van der Waals surface area contributed by atoms with Crippen molar-refractivity contribution in [2.75, 3.05) is 0 Å². The van der Waals surface area contributed by atoms with Crippen LogP contribution in [0.5, 0.6) is 0 Å². The van der Waals surface area contributed by atoms with Crippen molar-refractivity contribution in [2.45, 2.75) is 13.8 Å². The normalized spacial score (nSPS) is 10.9. The van der Waals surface area contributed by atoms with E-state index in [1.807, 2.05) is 18.2 Å². The molecule has 0 saturated heterocycles. The molecule has 0 spiro atoms. The zero-order chi connectivity index (χ0) is 14.3. The first kappa shape index (κ1) is 12.7. The van der Waals surface area contributed by atoms with Crippen LogP contribution in [0.15, 0.2) is 30.5 Å². The summed E-state index contributed by atoms with van der Waals surface area (Å²) in [6.45, 7) is 3.28. The molecule has 0 aliphatic heterocycles. The summed E-state index contributed by atoms with van der Waals surface area (Å²) in [6, 6.07) is 7.33. The maximum atomic E-state index is 11.5. The molecular weight excluding hydrogens is 276 g/mol. The molecule has 0 amide bonds. The lowest BCUT2D eigenvalue weighted by Crippen LogP contribution is -2.02. The lowest BCUT2D eigenvalue weighted by molar-refractivity contribution is 0.101. The minimum atomic E-state index is -0.111. The third kappa shape index (κ3) is 1.87. The molecule has 2 aromatic heterocycles. The van der Waals surface area contributed by atoms with Gasteiger partial charge in [0.25, 0.3) is 0 Å². The molecule has 20 heavy (non-hydrogen) atoms. The molecule has 0 radical (unpaired) electrons. The van der Waals surface area contributed by atoms with Gasteiger partial charge in [-0.2, -0.15) is 0 Å². The minimum Gasteiger partial charge on any atom is -0.293 e. The van der Waals surface area contributed by atoms with Gasteiger partial charge in [-0.3, -0.25) is 9.78 Å². The molecule has 0 aliphatic carbocycles. The van der Waals surface area contributed by atoms with Crippen LogP contribution in [-0.4, -0.2) is 25.8 Å². The van der Waals surface area contributed by atoms with E-state index in [1.54, 1.807) is 23.9 Å². The number of carbonyl (C=O) groups excluding carboxylic acids is 1. The van der Waals surface area contributed by atoms with E-state index in [0.29, 0.717) is 16.4 Å². The van der Waals surface area contributed by atoms with Crippen LogP contribution in [0.1, 0.15) is 23.1 Å². The van der Waals surface area contributed by atoms with Crippen LogP contribution in [0, 0.1) is 6.92 Å². The summed E-state index contributed by atoms with van der Waals surface area (Å²) in [5.74, 6) is -0.111. The number of rotatable bonds is 2.